The molecule has 2 aromatic heterocycles. The van der Waals surface area contributed by atoms with Crippen molar-refractivity contribution < 1.29 is 8.94 Å². The van der Waals surface area contributed by atoms with Crippen molar-refractivity contribution in [2.24, 2.45) is 0 Å². The summed E-state index contributed by atoms with van der Waals surface area (Å²) in [7, 11) is 0. The van der Waals surface area contributed by atoms with E-state index in [-0.39, 0.29) is 0 Å². The predicted molar refractivity (Wildman–Crippen MR) is 33.0 cm³/mol. The van der Waals surface area contributed by atoms with E-state index in [1.54, 1.807) is 24.4 Å². The Kier molecular flexibility index (Phi) is 1.07. The molecule has 2 aromatic rings. The topological polar surface area (TPSA) is 39.2 Å². The Labute approximate surface area is 57.2 Å². The Bertz CT molecular complexity index is 251. The molecule has 1 radical (unpaired) electrons. The zero-order valence-electron chi connectivity index (χ0n) is 5.07. The van der Waals surface area contributed by atoms with E-state index in [4.69, 9.17) is 8.94 Å². The molecular formula is C7H4NO2. The van der Waals surface area contributed by atoms with E-state index in [1.165, 1.54) is 0 Å². The van der Waals surface area contributed by atoms with Crippen LogP contribution in [0.3, 0.4) is 0 Å². The fourth-order valence-electron chi connectivity index (χ4n) is 0.717. The molecule has 0 aromatic carbocycles. The molecule has 10 heavy (non-hydrogen) atoms. The summed E-state index contributed by atoms with van der Waals surface area (Å²) in [4.78, 5) is 0. The second kappa shape index (κ2) is 2.02. The largest absolute Gasteiger partial charge is 0.449 e. The Morgan fingerprint density at radius 3 is 2.90 bits per heavy atom. The summed E-state index contributed by atoms with van der Waals surface area (Å²) in [5.41, 5.74) is 0. The van der Waals surface area contributed by atoms with E-state index in [9.17, 15) is 0 Å². The summed E-state index contributed by atoms with van der Waals surface area (Å²) < 4.78 is 9.73. The Hall–Kier alpha value is -1.51. The zero-order chi connectivity index (χ0) is 6.81. The Morgan fingerprint density at radius 2 is 2.30 bits per heavy atom. The van der Waals surface area contributed by atoms with E-state index in [1.807, 2.05) is 0 Å². The molecule has 49 valence electrons. The van der Waals surface area contributed by atoms with Gasteiger partial charge >= 0.3 is 0 Å². The molecule has 0 bridgehead atoms. The zero-order valence-corrected chi connectivity index (χ0v) is 5.07. The van der Waals surface area contributed by atoms with Crippen LogP contribution in [0.2, 0.25) is 0 Å². The number of furan rings is 1. The second-order valence-corrected chi connectivity index (χ2v) is 1.79. The van der Waals surface area contributed by atoms with Crippen LogP contribution in [0.5, 0.6) is 0 Å². The minimum Gasteiger partial charge on any atom is -0.449 e. The maximum Gasteiger partial charge on any atom is 0.202 e. The maximum absolute atomic E-state index is 4.92. The molecule has 0 unspecified atom stereocenters. The van der Waals surface area contributed by atoms with Gasteiger partial charge in [0.1, 0.15) is 0 Å². The summed E-state index contributed by atoms with van der Waals surface area (Å²) in [5.74, 6) is 1.28. The first-order valence-electron chi connectivity index (χ1n) is 2.84. The summed E-state index contributed by atoms with van der Waals surface area (Å²) >= 11 is 0. The molecule has 0 saturated carbocycles. The molecule has 0 N–H and O–H groups in total. The van der Waals surface area contributed by atoms with Crippen molar-refractivity contribution in [1.29, 1.82) is 0 Å². The molecule has 3 nitrogen and oxygen atoms in total. The van der Waals surface area contributed by atoms with Gasteiger partial charge in [-0.25, -0.2) is 0 Å². The molecule has 0 spiro atoms. The number of nitrogens with zero attached hydrogens (tertiary/aromatic N) is 1. The molecule has 2 heterocycles. The minimum absolute atomic E-state index is 0.626. The van der Waals surface area contributed by atoms with E-state index < -0.39 is 0 Å². The van der Waals surface area contributed by atoms with Crippen LogP contribution in [-0.2, 0) is 0 Å². The fraction of sp³-hybridized carbons (Fsp3) is 0. The third-order valence-electron chi connectivity index (χ3n) is 1.15. The van der Waals surface area contributed by atoms with Gasteiger partial charge < -0.3 is 8.94 Å². The third kappa shape index (κ3) is 0.719. The van der Waals surface area contributed by atoms with E-state index in [0.717, 1.165) is 0 Å². The van der Waals surface area contributed by atoms with Crippen LogP contribution >= 0.6 is 0 Å². The molecule has 0 atom stereocenters. The third-order valence-corrected chi connectivity index (χ3v) is 1.15. The quantitative estimate of drug-likeness (QED) is 0.596. The van der Waals surface area contributed by atoms with Crippen LogP contribution in [0.15, 0.2) is 33.3 Å². The van der Waals surface area contributed by atoms with Gasteiger partial charge in [0.15, 0.2) is 12.0 Å². The lowest BCUT2D eigenvalue weighted by Gasteiger charge is -1.82. The van der Waals surface area contributed by atoms with Crippen molar-refractivity contribution in [3.63, 3.8) is 0 Å². The Morgan fingerprint density at radius 1 is 1.30 bits per heavy atom. The average molecular weight is 134 g/mol. The smallest absolute Gasteiger partial charge is 0.202 e. The molecule has 0 saturated heterocycles. The summed E-state index contributed by atoms with van der Waals surface area (Å²) in [6, 6.07) is 5.17. The van der Waals surface area contributed by atoms with Crippen molar-refractivity contribution >= 4 is 0 Å². The highest BCUT2D eigenvalue weighted by Gasteiger charge is 2.02. The normalized spacial score (nSPS) is 10.0. The lowest BCUT2D eigenvalue weighted by Crippen LogP contribution is -1.62. The van der Waals surface area contributed by atoms with Gasteiger partial charge in [-0.2, -0.15) is 0 Å². The first kappa shape index (κ1) is 5.29. The lowest BCUT2D eigenvalue weighted by molar-refractivity contribution is 0.417. The van der Waals surface area contributed by atoms with Crippen LogP contribution in [-0.4, -0.2) is 5.16 Å². The maximum atomic E-state index is 4.92. The standard InChI is InChI=1S/C7H4NO2/c1-2-6(9-5-1)7-3-4-8-10-7/h1-4H. The number of rotatable bonds is 1. The van der Waals surface area contributed by atoms with E-state index >= 15 is 0 Å². The highest BCUT2D eigenvalue weighted by Crippen LogP contribution is 2.17. The molecule has 0 aliphatic heterocycles. The number of hydrogen-bond acceptors (Lipinski definition) is 3. The molecule has 0 amide bonds. The molecule has 0 fully saturated rings. The second-order valence-electron chi connectivity index (χ2n) is 1.79. The highest BCUT2D eigenvalue weighted by molar-refractivity contribution is 5.47. The van der Waals surface area contributed by atoms with Crippen molar-refractivity contribution in [3.8, 4) is 11.5 Å². The lowest BCUT2D eigenvalue weighted by atomic mass is 10.4. The summed E-state index contributed by atoms with van der Waals surface area (Å²) in [6.07, 6.45) is 4.12. The van der Waals surface area contributed by atoms with Gasteiger partial charge in [-0.05, 0) is 12.1 Å². The van der Waals surface area contributed by atoms with Gasteiger partial charge in [-0.15, -0.1) is 0 Å². The van der Waals surface area contributed by atoms with Gasteiger partial charge in [0, 0.05) is 6.07 Å². The summed E-state index contributed by atoms with van der Waals surface area (Å²) in [6.45, 7) is 0. The SMILES string of the molecule is [c]1ccc(-c2ccno2)o1. The minimum atomic E-state index is 0.626. The van der Waals surface area contributed by atoms with Gasteiger partial charge in [0.2, 0.25) is 5.76 Å². The van der Waals surface area contributed by atoms with Crippen molar-refractivity contribution in [3.05, 3.63) is 30.7 Å². The number of aromatic nitrogens is 1. The van der Waals surface area contributed by atoms with Gasteiger partial charge in [-0.1, -0.05) is 5.16 Å². The molecule has 0 aliphatic carbocycles. The van der Waals surface area contributed by atoms with Gasteiger partial charge in [-0.3, -0.25) is 0 Å². The predicted octanol–water partition coefficient (Wildman–Crippen LogP) is 1.73. The first-order valence-corrected chi connectivity index (χ1v) is 2.84. The molecule has 0 aliphatic rings. The number of hydrogen-bond donors (Lipinski definition) is 0. The molecular weight excluding hydrogens is 130 g/mol. The molecule has 2 rings (SSSR count). The average Bonchev–Trinajstić information content (AvgIpc) is 2.59. The van der Waals surface area contributed by atoms with Crippen LogP contribution in [0, 0.1) is 6.26 Å². The van der Waals surface area contributed by atoms with Crippen LogP contribution in [0.1, 0.15) is 0 Å². The van der Waals surface area contributed by atoms with Gasteiger partial charge in [0.25, 0.3) is 0 Å². The fourth-order valence-corrected chi connectivity index (χ4v) is 0.717. The summed E-state index contributed by atoms with van der Waals surface area (Å²) in [5, 5.41) is 3.53. The van der Waals surface area contributed by atoms with Crippen LogP contribution in [0.4, 0.5) is 0 Å². The highest BCUT2D eigenvalue weighted by atomic mass is 16.5. The monoisotopic (exact) mass is 134 g/mol. The van der Waals surface area contributed by atoms with E-state index in [2.05, 4.69) is 11.4 Å². The van der Waals surface area contributed by atoms with Crippen molar-refractivity contribution in [1.82, 2.24) is 5.16 Å². The Balaban J connectivity index is 2.48. The van der Waals surface area contributed by atoms with Crippen LogP contribution in [0.25, 0.3) is 11.5 Å². The molecule has 3 heteroatoms. The van der Waals surface area contributed by atoms with Crippen molar-refractivity contribution in [2.75, 3.05) is 0 Å². The van der Waals surface area contributed by atoms with E-state index in [0.29, 0.717) is 11.5 Å². The van der Waals surface area contributed by atoms with Crippen LogP contribution < -0.4 is 0 Å². The van der Waals surface area contributed by atoms with Gasteiger partial charge in [0.05, 0.1) is 6.20 Å². The first-order chi connectivity index (χ1) is 4.97. The van der Waals surface area contributed by atoms with Crippen molar-refractivity contribution in [2.45, 2.75) is 0 Å².